The van der Waals surface area contributed by atoms with E-state index < -0.39 is 6.00 Å². The van der Waals surface area contributed by atoms with E-state index in [-0.39, 0.29) is 12.1 Å². The summed E-state index contributed by atoms with van der Waals surface area (Å²) < 4.78 is 5.05. The summed E-state index contributed by atoms with van der Waals surface area (Å²) in [4.78, 5) is 10.9. The molecule has 0 aromatic rings. The highest BCUT2D eigenvalue weighted by atomic mass is 35.8. The molecule has 0 aliphatic carbocycles. The summed E-state index contributed by atoms with van der Waals surface area (Å²) in [5.74, 6) is -0.361. The molecule has 0 fully saturated rings. The third-order valence-corrected chi connectivity index (χ3v) is 4.93. The van der Waals surface area contributed by atoms with Crippen LogP contribution >= 0.6 is 33.2 Å². The van der Waals surface area contributed by atoms with E-state index >= 15 is 0 Å². The monoisotopic (exact) mass is 316 g/mol. The normalized spacial score (nSPS) is 13.2. The van der Waals surface area contributed by atoms with Crippen molar-refractivity contribution in [2.24, 2.45) is 0 Å². The van der Waals surface area contributed by atoms with Crippen LogP contribution in [0.15, 0.2) is 12.7 Å². The van der Waals surface area contributed by atoms with Crippen molar-refractivity contribution in [1.82, 2.24) is 0 Å². The molecule has 0 saturated carbocycles. The molecule has 0 aliphatic heterocycles. The number of rotatable bonds is 9. The fraction of sp³-hybridized carbons (Fsp3) is 0.727. The molecule has 1 unspecified atom stereocenters. The highest BCUT2D eigenvalue weighted by molar-refractivity contribution is 7.64. The Bertz CT molecular complexity index is 241. The second-order valence-electron chi connectivity index (χ2n) is 4.02. The average molecular weight is 318 g/mol. The zero-order chi connectivity index (χ0) is 13.3. The lowest BCUT2D eigenvalue weighted by Gasteiger charge is -2.11. The standard InChI is InChI=1S/C11H19Cl3O2Si/c1-3-11(15)16-10(2)8-6-4-5-7-9-17(12,13)14/h3,10H,1,4-9H2,2H3. The van der Waals surface area contributed by atoms with E-state index in [9.17, 15) is 4.79 Å². The quantitative estimate of drug-likeness (QED) is 0.202. The second kappa shape index (κ2) is 9.26. The number of hydrogen-bond acceptors (Lipinski definition) is 2. The Morgan fingerprint density at radius 3 is 2.41 bits per heavy atom. The molecule has 0 N–H and O–H groups in total. The van der Waals surface area contributed by atoms with Crippen molar-refractivity contribution >= 4 is 45.2 Å². The molecule has 0 aromatic carbocycles. The summed E-state index contributed by atoms with van der Waals surface area (Å²) in [6.45, 7) is 5.23. The van der Waals surface area contributed by atoms with Crippen molar-refractivity contribution in [3.05, 3.63) is 12.7 Å². The lowest BCUT2D eigenvalue weighted by Crippen LogP contribution is -2.12. The van der Waals surface area contributed by atoms with Crippen molar-refractivity contribution in [2.45, 2.75) is 51.2 Å². The van der Waals surface area contributed by atoms with Crippen LogP contribution in [0.3, 0.4) is 0 Å². The van der Waals surface area contributed by atoms with Gasteiger partial charge in [0.1, 0.15) is 0 Å². The first-order chi connectivity index (χ1) is 7.85. The van der Waals surface area contributed by atoms with Crippen molar-refractivity contribution in [2.75, 3.05) is 0 Å². The van der Waals surface area contributed by atoms with Gasteiger partial charge in [0.05, 0.1) is 6.10 Å². The maximum Gasteiger partial charge on any atom is 0.341 e. The Balaban J connectivity index is 3.39. The highest BCUT2D eigenvalue weighted by Gasteiger charge is 2.23. The van der Waals surface area contributed by atoms with Gasteiger partial charge in [0.15, 0.2) is 0 Å². The van der Waals surface area contributed by atoms with Crippen molar-refractivity contribution in [3.8, 4) is 0 Å². The molecule has 0 aromatic heterocycles. The zero-order valence-electron chi connectivity index (χ0n) is 10.1. The van der Waals surface area contributed by atoms with E-state index in [1.807, 2.05) is 6.92 Å². The summed E-state index contributed by atoms with van der Waals surface area (Å²) in [7, 11) is 0. The molecule has 0 saturated heterocycles. The number of halogens is 3. The average Bonchev–Trinajstić information content (AvgIpc) is 2.21. The summed E-state index contributed by atoms with van der Waals surface area (Å²) in [6.07, 6.45) is 6.11. The molecule has 0 spiro atoms. The van der Waals surface area contributed by atoms with Gasteiger partial charge in [-0.05, 0) is 25.8 Å². The fourth-order valence-corrected chi connectivity index (χ4v) is 3.27. The largest absolute Gasteiger partial charge is 0.460 e. The molecule has 1 atom stereocenters. The summed E-state index contributed by atoms with van der Waals surface area (Å²) in [5, 5.41) is 0. The van der Waals surface area contributed by atoms with E-state index in [4.69, 9.17) is 38.0 Å². The Hall–Kier alpha value is 0.297. The predicted octanol–water partition coefficient (Wildman–Crippen LogP) is 4.71. The molecule has 0 rings (SSSR count). The van der Waals surface area contributed by atoms with Crippen LogP contribution in [0.4, 0.5) is 0 Å². The van der Waals surface area contributed by atoms with Crippen molar-refractivity contribution < 1.29 is 9.53 Å². The zero-order valence-corrected chi connectivity index (χ0v) is 13.3. The first-order valence-electron chi connectivity index (χ1n) is 5.75. The smallest absolute Gasteiger partial charge is 0.341 e. The van der Waals surface area contributed by atoms with Gasteiger partial charge in [0.2, 0.25) is 0 Å². The summed E-state index contributed by atoms with van der Waals surface area (Å²) >= 11 is 17.3. The van der Waals surface area contributed by atoms with E-state index in [1.54, 1.807) is 0 Å². The van der Waals surface area contributed by atoms with Crippen molar-refractivity contribution in [1.29, 1.82) is 0 Å². The van der Waals surface area contributed by atoms with Crippen LogP contribution in [-0.4, -0.2) is 18.1 Å². The van der Waals surface area contributed by atoms with Crippen LogP contribution in [0, 0.1) is 0 Å². The first-order valence-corrected chi connectivity index (χ1v) is 11.0. The molecule has 6 heteroatoms. The maximum absolute atomic E-state index is 10.9. The van der Waals surface area contributed by atoms with Gasteiger partial charge in [0.25, 0.3) is 0 Å². The minimum atomic E-state index is -2.43. The van der Waals surface area contributed by atoms with Gasteiger partial charge < -0.3 is 4.74 Å². The van der Waals surface area contributed by atoms with Crippen LogP contribution in [0.5, 0.6) is 0 Å². The fourth-order valence-electron chi connectivity index (χ4n) is 1.42. The number of unbranched alkanes of at least 4 members (excludes halogenated alkanes) is 3. The number of hydrogen-bond donors (Lipinski definition) is 0. The summed E-state index contributed by atoms with van der Waals surface area (Å²) in [6, 6.07) is -1.71. The molecule has 0 bridgehead atoms. The number of ether oxygens (including phenoxy) is 1. The van der Waals surface area contributed by atoms with Gasteiger partial charge in [-0.1, -0.05) is 25.8 Å². The van der Waals surface area contributed by atoms with E-state index in [1.165, 1.54) is 6.08 Å². The molecule has 17 heavy (non-hydrogen) atoms. The van der Waals surface area contributed by atoms with Crippen LogP contribution < -0.4 is 0 Å². The lowest BCUT2D eigenvalue weighted by atomic mass is 10.1. The van der Waals surface area contributed by atoms with E-state index in [2.05, 4.69) is 6.58 Å². The predicted molar refractivity (Wildman–Crippen MR) is 77.0 cm³/mol. The first kappa shape index (κ1) is 17.3. The summed E-state index contributed by atoms with van der Waals surface area (Å²) in [5.41, 5.74) is 0. The minimum absolute atomic E-state index is 0.0527. The minimum Gasteiger partial charge on any atom is -0.460 e. The number of carbonyl (C=O) groups excluding carboxylic acids is 1. The second-order valence-corrected chi connectivity index (χ2v) is 13.3. The van der Waals surface area contributed by atoms with E-state index in [0.29, 0.717) is 0 Å². The molecular weight excluding hydrogens is 299 g/mol. The molecular formula is C11H19Cl3O2Si. The van der Waals surface area contributed by atoms with Gasteiger partial charge in [-0.25, -0.2) is 4.79 Å². The lowest BCUT2D eigenvalue weighted by molar-refractivity contribution is -0.142. The molecule has 2 nitrogen and oxygen atoms in total. The molecule has 0 aliphatic rings. The molecule has 100 valence electrons. The van der Waals surface area contributed by atoms with Gasteiger partial charge >= 0.3 is 12.0 Å². The Morgan fingerprint density at radius 1 is 1.29 bits per heavy atom. The molecule has 0 heterocycles. The van der Waals surface area contributed by atoms with Crippen LogP contribution in [-0.2, 0) is 9.53 Å². The van der Waals surface area contributed by atoms with E-state index in [0.717, 1.165) is 38.1 Å². The van der Waals surface area contributed by atoms with Gasteiger partial charge in [-0.2, -0.15) is 0 Å². The molecule has 0 amide bonds. The Morgan fingerprint density at radius 2 is 1.88 bits per heavy atom. The van der Waals surface area contributed by atoms with Crippen LogP contribution in [0.25, 0.3) is 0 Å². The van der Waals surface area contributed by atoms with Gasteiger partial charge in [0, 0.05) is 6.08 Å². The third kappa shape index (κ3) is 12.5. The highest BCUT2D eigenvalue weighted by Crippen LogP contribution is 2.27. The molecule has 0 radical (unpaired) electrons. The maximum atomic E-state index is 10.9. The van der Waals surface area contributed by atoms with Crippen LogP contribution in [0.1, 0.15) is 39.0 Å². The third-order valence-electron chi connectivity index (χ3n) is 2.30. The SMILES string of the molecule is C=CC(=O)OC(C)CCCCCC[Si](Cl)(Cl)Cl. The topological polar surface area (TPSA) is 26.3 Å². The van der Waals surface area contributed by atoms with Crippen LogP contribution in [0.2, 0.25) is 6.04 Å². The number of carbonyl (C=O) groups is 1. The Kier molecular flexibility index (Phi) is 9.42. The van der Waals surface area contributed by atoms with Crippen molar-refractivity contribution in [3.63, 3.8) is 0 Å². The Labute approximate surface area is 118 Å². The van der Waals surface area contributed by atoms with Gasteiger partial charge in [-0.3, -0.25) is 0 Å². The van der Waals surface area contributed by atoms with Gasteiger partial charge in [-0.15, -0.1) is 33.2 Å². The number of esters is 1.